The second-order valence-corrected chi connectivity index (χ2v) is 17.8. The number of carbonyl (C=O) groups excluding carboxylic acids is 1. The molecule has 0 bridgehead atoms. The molecular weight excluding hydrogens is 697 g/mol. The van der Waals surface area contributed by atoms with Crippen molar-refractivity contribution in [3.05, 3.63) is 200 Å². The second-order valence-electron chi connectivity index (χ2n) is 15.8. The first-order valence-electron chi connectivity index (χ1n) is 18.9. The van der Waals surface area contributed by atoms with Crippen LogP contribution in [0, 0.1) is 27.7 Å². The van der Waals surface area contributed by atoms with Crippen LogP contribution in [0.2, 0.25) is 0 Å². The zero-order chi connectivity index (χ0) is 38.0. The summed E-state index contributed by atoms with van der Waals surface area (Å²) < 4.78 is 0. The van der Waals surface area contributed by atoms with Gasteiger partial charge in [-0.05, 0) is 89.9 Å². The number of fused-ring (bicyclic) bond motifs is 2. The van der Waals surface area contributed by atoms with Crippen LogP contribution in [0.1, 0.15) is 97.2 Å². The fourth-order valence-electron chi connectivity index (χ4n) is 8.36. The molecule has 0 fully saturated rings. The number of hydrogen-bond acceptors (Lipinski definition) is 4. The Labute approximate surface area is 330 Å². The minimum absolute atomic E-state index is 0.0106. The molecule has 2 aliphatic heterocycles. The molecular formula is C50H50O2S2. The number of carbonyl (C=O) groups is 1. The van der Waals surface area contributed by atoms with Gasteiger partial charge in [0.2, 0.25) is 0 Å². The van der Waals surface area contributed by atoms with Crippen LogP contribution in [0.15, 0.2) is 143 Å². The standard InChI is InChI=1S/C25H26OS.C25H24OS/c2*1-17-4-11-21(12-5-17)25(3)16-27-23-14-18(2)6-13-22(23)24(25)20-9-7-19(15-26)8-10-20/h4-14,24,26H,15-16H2,1-3H3;4-15,24H,16H2,1-3H3/t2*24-,25-/m11/s1. The van der Waals surface area contributed by atoms with Crippen LogP contribution in [0.5, 0.6) is 0 Å². The first-order chi connectivity index (χ1) is 26.0. The van der Waals surface area contributed by atoms with Gasteiger partial charge in [0.1, 0.15) is 6.29 Å². The van der Waals surface area contributed by atoms with Crippen molar-refractivity contribution in [1.29, 1.82) is 0 Å². The number of rotatable bonds is 6. The van der Waals surface area contributed by atoms with Crippen molar-refractivity contribution in [2.24, 2.45) is 0 Å². The smallest absolute Gasteiger partial charge is 0.150 e. The van der Waals surface area contributed by atoms with Gasteiger partial charge in [-0.3, -0.25) is 4.79 Å². The van der Waals surface area contributed by atoms with Crippen LogP contribution < -0.4 is 0 Å². The summed E-state index contributed by atoms with van der Waals surface area (Å²) >= 11 is 3.93. The van der Waals surface area contributed by atoms with E-state index in [0.717, 1.165) is 28.9 Å². The van der Waals surface area contributed by atoms with Crippen molar-refractivity contribution in [2.75, 3.05) is 11.5 Å². The van der Waals surface area contributed by atoms with Crippen LogP contribution in [0.25, 0.3) is 0 Å². The molecule has 4 atom stereocenters. The largest absolute Gasteiger partial charge is 0.392 e. The Kier molecular flexibility index (Phi) is 11.1. The number of aliphatic hydroxyl groups is 1. The number of thioether (sulfide) groups is 2. The van der Waals surface area contributed by atoms with E-state index in [2.05, 4.69) is 163 Å². The maximum absolute atomic E-state index is 11.1. The summed E-state index contributed by atoms with van der Waals surface area (Å²) in [7, 11) is 0. The van der Waals surface area contributed by atoms with Gasteiger partial charge >= 0.3 is 0 Å². The van der Waals surface area contributed by atoms with Gasteiger partial charge in [0.15, 0.2) is 0 Å². The maximum Gasteiger partial charge on any atom is 0.150 e. The molecule has 0 saturated heterocycles. The van der Waals surface area contributed by atoms with E-state index in [0.29, 0.717) is 5.92 Å². The van der Waals surface area contributed by atoms with E-state index < -0.39 is 0 Å². The van der Waals surface area contributed by atoms with Gasteiger partial charge < -0.3 is 5.11 Å². The molecule has 0 aromatic heterocycles. The fourth-order valence-corrected chi connectivity index (χ4v) is 11.2. The first kappa shape index (κ1) is 37.9. The highest BCUT2D eigenvalue weighted by Gasteiger charge is 2.43. The Morgan fingerprint density at radius 3 is 1.33 bits per heavy atom. The molecule has 2 heterocycles. The van der Waals surface area contributed by atoms with Gasteiger partial charge in [-0.25, -0.2) is 0 Å². The number of aliphatic hydroxyl groups excluding tert-OH is 1. The minimum atomic E-state index is -0.0106. The SMILES string of the molecule is Cc1ccc([C@@]2(C)CSc3cc(C)ccc3[C@H]2c2ccc(C=O)cc2)cc1.Cc1ccc([C@@]2(C)CSc3cc(C)ccc3[C@H]2c2ccc(CO)cc2)cc1. The van der Waals surface area contributed by atoms with E-state index in [1.54, 1.807) is 0 Å². The lowest BCUT2D eigenvalue weighted by Gasteiger charge is -2.43. The summed E-state index contributed by atoms with van der Waals surface area (Å²) in [6.07, 6.45) is 0.914. The first-order valence-corrected chi connectivity index (χ1v) is 20.9. The quantitative estimate of drug-likeness (QED) is 0.172. The third-order valence-corrected chi connectivity index (χ3v) is 14.4. The van der Waals surface area contributed by atoms with E-state index in [-0.39, 0.29) is 23.4 Å². The number of aryl methyl sites for hydroxylation is 4. The molecule has 0 radical (unpaired) electrons. The molecule has 2 nitrogen and oxygen atoms in total. The fraction of sp³-hybridized carbons (Fsp3) is 0.260. The monoisotopic (exact) mass is 746 g/mol. The number of hydrogen-bond donors (Lipinski definition) is 1. The molecule has 0 spiro atoms. The van der Waals surface area contributed by atoms with Crippen molar-refractivity contribution in [1.82, 2.24) is 0 Å². The van der Waals surface area contributed by atoms with Crippen LogP contribution >= 0.6 is 23.5 Å². The average molecular weight is 747 g/mol. The summed E-state index contributed by atoms with van der Waals surface area (Å²) in [5, 5.41) is 9.43. The molecule has 1 N–H and O–H groups in total. The molecule has 4 heteroatoms. The van der Waals surface area contributed by atoms with E-state index in [1.807, 2.05) is 35.7 Å². The molecule has 0 saturated carbocycles. The van der Waals surface area contributed by atoms with Crippen molar-refractivity contribution < 1.29 is 9.90 Å². The highest BCUT2D eigenvalue weighted by atomic mass is 32.2. The molecule has 0 amide bonds. The maximum atomic E-state index is 11.1. The molecule has 0 unspecified atom stereocenters. The summed E-state index contributed by atoms with van der Waals surface area (Å²) in [5.74, 6) is 2.65. The molecule has 6 aromatic carbocycles. The predicted octanol–water partition coefficient (Wildman–Crippen LogP) is 12.3. The van der Waals surface area contributed by atoms with Crippen molar-refractivity contribution in [3.8, 4) is 0 Å². The third-order valence-electron chi connectivity index (χ3n) is 11.6. The molecule has 8 rings (SSSR count). The molecule has 54 heavy (non-hydrogen) atoms. The van der Waals surface area contributed by atoms with Crippen molar-refractivity contribution in [2.45, 2.75) is 80.6 Å². The van der Waals surface area contributed by atoms with Gasteiger partial charge in [-0.2, -0.15) is 0 Å². The van der Waals surface area contributed by atoms with Crippen LogP contribution in [-0.4, -0.2) is 22.9 Å². The zero-order valence-electron chi connectivity index (χ0n) is 32.2. The molecule has 0 aliphatic carbocycles. The van der Waals surface area contributed by atoms with Crippen molar-refractivity contribution >= 4 is 29.8 Å². The van der Waals surface area contributed by atoms with Gasteiger partial charge in [-0.1, -0.05) is 146 Å². The average Bonchev–Trinajstić information content (AvgIpc) is 3.19. The van der Waals surface area contributed by atoms with Crippen LogP contribution in [-0.2, 0) is 17.4 Å². The Balaban J connectivity index is 0.000000167. The van der Waals surface area contributed by atoms with E-state index in [1.165, 1.54) is 65.4 Å². The van der Waals surface area contributed by atoms with Crippen LogP contribution in [0.3, 0.4) is 0 Å². The molecule has 274 valence electrons. The lowest BCUT2D eigenvalue weighted by atomic mass is 9.66. The second kappa shape index (κ2) is 15.8. The Hall–Kier alpha value is -4.35. The number of benzene rings is 6. The predicted molar refractivity (Wildman–Crippen MR) is 229 cm³/mol. The highest BCUT2D eigenvalue weighted by Crippen LogP contribution is 2.54. The van der Waals surface area contributed by atoms with E-state index >= 15 is 0 Å². The molecule has 6 aromatic rings. The summed E-state index contributed by atoms with van der Waals surface area (Å²) in [4.78, 5) is 13.9. The summed E-state index contributed by atoms with van der Waals surface area (Å²) in [6, 6.07) is 48.3. The van der Waals surface area contributed by atoms with Crippen molar-refractivity contribution in [3.63, 3.8) is 0 Å². The van der Waals surface area contributed by atoms with E-state index in [4.69, 9.17) is 0 Å². The highest BCUT2D eigenvalue weighted by molar-refractivity contribution is 7.99. The lowest BCUT2D eigenvalue weighted by molar-refractivity contribution is 0.112. The number of aldehydes is 1. The Morgan fingerprint density at radius 1 is 0.556 bits per heavy atom. The van der Waals surface area contributed by atoms with Gasteiger partial charge in [0.25, 0.3) is 0 Å². The summed E-state index contributed by atoms with van der Waals surface area (Å²) in [5.41, 5.74) is 15.0. The topological polar surface area (TPSA) is 37.3 Å². The lowest BCUT2D eigenvalue weighted by Crippen LogP contribution is -2.37. The third kappa shape index (κ3) is 7.49. The van der Waals surface area contributed by atoms with Crippen LogP contribution in [0.4, 0.5) is 0 Å². The minimum Gasteiger partial charge on any atom is -0.392 e. The molecule has 2 aliphatic rings. The van der Waals surface area contributed by atoms with Gasteiger partial charge in [-0.15, -0.1) is 23.5 Å². The Morgan fingerprint density at radius 2 is 0.944 bits per heavy atom. The Bertz CT molecular complexity index is 2240. The van der Waals surface area contributed by atoms with E-state index in [9.17, 15) is 9.90 Å². The van der Waals surface area contributed by atoms with Gasteiger partial charge in [0.05, 0.1) is 6.61 Å². The van der Waals surface area contributed by atoms with Gasteiger partial charge in [0, 0.05) is 49.5 Å². The summed E-state index contributed by atoms with van der Waals surface area (Å²) in [6.45, 7) is 13.5. The zero-order valence-corrected chi connectivity index (χ0v) is 33.9. The normalized spacial score (nSPS) is 21.6.